The third-order valence-corrected chi connectivity index (χ3v) is 9.12. The molecular formula is C22H25Cl2FN4O4S. The molecule has 0 aromatic heterocycles. The Labute approximate surface area is 207 Å². The van der Waals surface area contributed by atoms with E-state index in [2.05, 4.69) is 16.0 Å². The SMILES string of the molecule is CCNC1C[C@@H]2CC[C@@H](C1)N2S(=O)(=O)c1c(Cl)ccc(NC(=O)Nc2cccc(F)c2Cl)c1O. The van der Waals surface area contributed by atoms with Gasteiger partial charge in [0.2, 0.25) is 10.0 Å². The molecule has 0 radical (unpaired) electrons. The van der Waals surface area contributed by atoms with Gasteiger partial charge in [-0.1, -0.05) is 36.2 Å². The van der Waals surface area contributed by atoms with Crippen LogP contribution in [0.1, 0.15) is 32.6 Å². The number of nitrogens with one attached hydrogen (secondary N) is 3. The average Bonchev–Trinajstić information content (AvgIpc) is 3.06. The second-order valence-electron chi connectivity index (χ2n) is 8.40. The van der Waals surface area contributed by atoms with Gasteiger partial charge in [0.15, 0.2) is 5.75 Å². The van der Waals surface area contributed by atoms with Crippen molar-refractivity contribution in [3.8, 4) is 5.75 Å². The summed E-state index contributed by atoms with van der Waals surface area (Å²) in [6.45, 7) is 2.82. The standard InChI is InChI=1S/C22H25Cl2FN4O4S/c1-2-26-12-10-13-6-7-14(11-12)29(13)34(32,33)21-15(23)8-9-18(20(21)30)28-22(31)27-17-5-3-4-16(25)19(17)24/h3-5,8-9,12-14,26,30H,2,6-7,10-11H2,1H3,(H2,27,28,31)/t13-,14-/m0/s1. The van der Waals surface area contributed by atoms with Crippen LogP contribution in [0.25, 0.3) is 0 Å². The van der Waals surface area contributed by atoms with Gasteiger partial charge in [-0.2, -0.15) is 4.31 Å². The molecule has 34 heavy (non-hydrogen) atoms. The van der Waals surface area contributed by atoms with Crippen LogP contribution in [0.4, 0.5) is 20.6 Å². The Morgan fingerprint density at radius 1 is 1.12 bits per heavy atom. The molecule has 0 saturated carbocycles. The van der Waals surface area contributed by atoms with Gasteiger partial charge in [-0.15, -0.1) is 0 Å². The molecule has 4 N–H and O–H groups in total. The van der Waals surface area contributed by atoms with Gasteiger partial charge in [0.25, 0.3) is 0 Å². The molecule has 2 aromatic carbocycles. The number of rotatable bonds is 6. The van der Waals surface area contributed by atoms with Crippen molar-refractivity contribution in [2.45, 2.75) is 55.6 Å². The number of carbonyl (C=O) groups excluding carboxylic acids is 1. The fourth-order valence-corrected chi connectivity index (χ4v) is 7.52. The molecule has 2 heterocycles. The fraction of sp³-hybridized carbons (Fsp3) is 0.409. The van der Waals surface area contributed by atoms with Gasteiger partial charge in [0.05, 0.1) is 21.4 Å². The molecule has 0 aliphatic carbocycles. The van der Waals surface area contributed by atoms with E-state index in [-0.39, 0.29) is 39.5 Å². The monoisotopic (exact) mass is 530 g/mol. The number of benzene rings is 2. The van der Waals surface area contributed by atoms with Gasteiger partial charge in [-0.3, -0.25) is 0 Å². The molecule has 2 aliphatic heterocycles. The number of aromatic hydroxyl groups is 1. The largest absolute Gasteiger partial charge is 0.504 e. The third-order valence-electron chi connectivity index (χ3n) is 6.23. The lowest BCUT2D eigenvalue weighted by Gasteiger charge is -2.38. The number of fused-ring (bicyclic) bond motifs is 2. The summed E-state index contributed by atoms with van der Waals surface area (Å²) in [7, 11) is -4.15. The number of nitrogens with zero attached hydrogens (tertiary/aromatic N) is 1. The molecule has 2 aliphatic rings. The van der Waals surface area contributed by atoms with Crippen molar-refractivity contribution < 1.29 is 22.7 Å². The Bertz CT molecular complexity index is 1200. The Balaban J connectivity index is 1.59. The maximum Gasteiger partial charge on any atom is 0.323 e. The molecule has 12 heteroatoms. The number of amides is 2. The molecule has 2 atom stereocenters. The molecule has 4 rings (SSSR count). The van der Waals surface area contributed by atoms with Crippen molar-refractivity contribution >= 4 is 50.6 Å². The zero-order valence-electron chi connectivity index (χ0n) is 18.3. The molecule has 184 valence electrons. The number of phenolic OH excluding ortho intramolecular Hbond substituents is 1. The summed E-state index contributed by atoms with van der Waals surface area (Å²) >= 11 is 12.1. The molecule has 2 aromatic rings. The maximum atomic E-state index is 13.6. The van der Waals surface area contributed by atoms with E-state index >= 15 is 0 Å². The van der Waals surface area contributed by atoms with Crippen molar-refractivity contribution in [3.05, 3.63) is 46.2 Å². The second kappa shape index (κ2) is 9.87. The minimum atomic E-state index is -4.15. The quantitative estimate of drug-likeness (QED) is 0.402. The Kier molecular flexibility index (Phi) is 7.25. The molecule has 8 nitrogen and oxygen atoms in total. The first kappa shape index (κ1) is 25.0. The molecule has 0 spiro atoms. The van der Waals surface area contributed by atoms with E-state index in [0.717, 1.165) is 25.5 Å². The van der Waals surface area contributed by atoms with Crippen LogP contribution < -0.4 is 16.0 Å². The number of phenols is 1. The van der Waals surface area contributed by atoms with E-state index in [1.807, 2.05) is 6.92 Å². The Hall–Kier alpha value is -2.11. The molecule has 2 fully saturated rings. The molecule has 2 saturated heterocycles. The van der Waals surface area contributed by atoms with Crippen molar-refractivity contribution in [2.24, 2.45) is 0 Å². The van der Waals surface area contributed by atoms with Gasteiger partial charge < -0.3 is 21.1 Å². The predicted octanol–water partition coefficient (Wildman–Crippen LogP) is 4.78. The minimum Gasteiger partial charge on any atom is -0.504 e. The van der Waals surface area contributed by atoms with E-state index in [1.54, 1.807) is 0 Å². The van der Waals surface area contributed by atoms with Crippen molar-refractivity contribution in [1.82, 2.24) is 9.62 Å². The van der Waals surface area contributed by atoms with Crippen LogP contribution in [-0.2, 0) is 10.0 Å². The van der Waals surface area contributed by atoms with E-state index in [4.69, 9.17) is 23.2 Å². The first-order valence-corrected chi connectivity index (χ1v) is 13.1. The topological polar surface area (TPSA) is 111 Å². The summed E-state index contributed by atoms with van der Waals surface area (Å²) in [6.07, 6.45) is 2.82. The first-order chi connectivity index (χ1) is 16.1. The highest BCUT2D eigenvalue weighted by Gasteiger charge is 2.48. The number of hydrogen-bond acceptors (Lipinski definition) is 5. The van der Waals surface area contributed by atoms with Crippen LogP contribution in [-0.4, -0.2) is 48.5 Å². The minimum absolute atomic E-state index is 0.0144. The number of halogens is 3. The summed E-state index contributed by atoms with van der Waals surface area (Å²) in [5.41, 5.74) is -0.150. The summed E-state index contributed by atoms with van der Waals surface area (Å²) in [6, 6.07) is 5.49. The van der Waals surface area contributed by atoms with Gasteiger partial charge in [-0.25, -0.2) is 17.6 Å². The lowest BCUT2D eigenvalue weighted by molar-refractivity contribution is 0.208. The molecule has 0 unspecified atom stereocenters. The number of piperidine rings is 1. The molecule has 2 bridgehead atoms. The normalized spacial score (nSPS) is 22.5. The van der Waals surface area contributed by atoms with Crippen molar-refractivity contribution in [1.29, 1.82) is 0 Å². The van der Waals surface area contributed by atoms with E-state index in [0.29, 0.717) is 12.8 Å². The summed E-state index contributed by atoms with van der Waals surface area (Å²) in [4.78, 5) is 12.0. The van der Waals surface area contributed by atoms with Crippen LogP contribution >= 0.6 is 23.2 Å². The van der Waals surface area contributed by atoms with Gasteiger partial charge in [-0.05, 0) is 56.5 Å². The second-order valence-corrected chi connectivity index (χ2v) is 11.0. The first-order valence-electron chi connectivity index (χ1n) is 10.9. The lowest BCUT2D eigenvalue weighted by Crippen LogP contribution is -2.51. The smallest absolute Gasteiger partial charge is 0.323 e. The lowest BCUT2D eigenvalue weighted by atomic mass is 10.00. The summed E-state index contributed by atoms with van der Waals surface area (Å²) in [5, 5.41) is 18.6. The van der Waals surface area contributed by atoms with Gasteiger partial charge >= 0.3 is 6.03 Å². The highest BCUT2D eigenvalue weighted by Crippen LogP contribution is 2.45. The number of urea groups is 1. The maximum absolute atomic E-state index is 13.6. The van der Waals surface area contributed by atoms with E-state index < -0.39 is 32.5 Å². The van der Waals surface area contributed by atoms with Crippen LogP contribution in [0.15, 0.2) is 35.2 Å². The van der Waals surface area contributed by atoms with Crippen molar-refractivity contribution in [2.75, 3.05) is 17.2 Å². The fourth-order valence-electron chi connectivity index (χ4n) is 4.86. The Morgan fingerprint density at radius 3 is 2.41 bits per heavy atom. The summed E-state index contributed by atoms with van der Waals surface area (Å²) in [5.74, 6) is -1.38. The van der Waals surface area contributed by atoms with Crippen LogP contribution in [0.5, 0.6) is 5.75 Å². The van der Waals surface area contributed by atoms with Crippen LogP contribution in [0.2, 0.25) is 10.0 Å². The van der Waals surface area contributed by atoms with Crippen LogP contribution in [0, 0.1) is 5.82 Å². The zero-order valence-corrected chi connectivity index (χ0v) is 20.6. The average molecular weight is 531 g/mol. The zero-order chi connectivity index (χ0) is 24.6. The third kappa shape index (κ3) is 4.70. The van der Waals surface area contributed by atoms with Crippen LogP contribution in [0.3, 0.4) is 0 Å². The highest BCUT2D eigenvalue weighted by molar-refractivity contribution is 7.89. The molecule has 2 amide bonds. The van der Waals surface area contributed by atoms with Crippen molar-refractivity contribution in [3.63, 3.8) is 0 Å². The summed E-state index contributed by atoms with van der Waals surface area (Å²) < 4.78 is 42.4. The number of carbonyl (C=O) groups is 1. The number of anilines is 2. The number of sulfonamides is 1. The molecular weight excluding hydrogens is 506 g/mol. The van der Waals surface area contributed by atoms with E-state index in [9.17, 15) is 22.7 Å². The van der Waals surface area contributed by atoms with E-state index in [1.165, 1.54) is 28.6 Å². The van der Waals surface area contributed by atoms with Gasteiger partial charge in [0, 0.05) is 18.1 Å². The Morgan fingerprint density at radius 2 is 1.76 bits per heavy atom. The predicted molar refractivity (Wildman–Crippen MR) is 130 cm³/mol. The highest BCUT2D eigenvalue weighted by atomic mass is 35.5. The van der Waals surface area contributed by atoms with Gasteiger partial charge in [0.1, 0.15) is 10.7 Å². The number of hydrogen-bond donors (Lipinski definition) is 4.